The molecule has 0 bridgehead atoms. The van der Waals surface area contributed by atoms with Crippen molar-refractivity contribution in [2.75, 3.05) is 25.0 Å². The quantitative estimate of drug-likeness (QED) is 0.270. The van der Waals surface area contributed by atoms with E-state index in [0.29, 0.717) is 23.2 Å². The normalized spacial score (nSPS) is 10.9. The summed E-state index contributed by atoms with van der Waals surface area (Å²) in [6.07, 6.45) is 1.12. The number of benzene rings is 1. The van der Waals surface area contributed by atoms with Crippen molar-refractivity contribution < 1.29 is 4.79 Å². The number of thiazole rings is 1. The lowest BCUT2D eigenvalue weighted by atomic mass is 10.2. The van der Waals surface area contributed by atoms with Crippen molar-refractivity contribution in [1.29, 1.82) is 0 Å². The summed E-state index contributed by atoms with van der Waals surface area (Å²) >= 11 is 7.80. The van der Waals surface area contributed by atoms with Crippen LogP contribution in [0.1, 0.15) is 29.6 Å². The van der Waals surface area contributed by atoms with Gasteiger partial charge in [0.1, 0.15) is 0 Å². The molecule has 2 aromatic rings. The molecule has 1 amide bonds. The average molecular weight is 536 g/mol. The van der Waals surface area contributed by atoms with E-state index in [2.05, 4.69) is 31.3 Å². The number of anilines is 1. The molecule has 0 fully saturated rings. The number of aryl methyl sites for hydroxylation is 2. The lowest BCUT2D eigenvalue weighted by Crippen LogP contribution is -2.38. The van der Waals surface area contributed by atoms with Crippen molar-refractivity contribution in [3.8, 4) is 0 Å². The van der Waals surface area contributed by atoms with Gasteiger partial charge >= 0.3 is 0 Å². The lowest BCUT2D eigenvalue weighted by molar-refractivity contribution is -0.116. The Morgan fingerprint density at radius 3 is 2.71 bits per heavy atom. The number of carbonyl (C=O) groups is 1. The minimum atomic E-state index is -0.113. The maximum atomic E-state index is 12.1. The van der Waals surface area contributed by atoms with Crippen LogP contribution in [-0.4, -0.2) is 36.5 Å². The molecule has 0 aliphatic carbocycles. The molecule has 0 aliphatic rings. The highest BCUT2D eigenvalue weighted by Gasteiger charge is 2.06. The number of aliphatic imine (C=N–C) groups is 1. The van der Waals surface area contributed by atoms with Crippen LogP contribution in [0.25, 0.3) is 0 Å². The highest BCUT2D eigenvalue weighted by molar-refractivity contribution is 14.0. The predicted molar refractivity (Wildman–Crippen MR) is 129 cm³/mol. The molecule has 0 radical (unpaired) electrons. The number of rotatable bonds is 8. The third-order valence-corrected chi connectivity index (χ3v) is 4.83. The van der Waals surface area contributed by atoms with E-state index in [-0.39, 0.29) is 36.3 Å². The van der Waals surface area contributed by atoms with Gasteiger partial charge in [0.25, 0.3) is 0 Å². The zero-order valence-corrected chi connectivity index (χ0v) is 20.2. The van der Waals surface area contributed by atoms with Gasteiger partial charge in [0.05, 0.1) is 28.0 Å². The molecule has 1 aromatic carbocycles. The maximum absolute atomic E-state index is 12.1. The van der Waals surface area contributed by atoms with E-state index in [1.54, 1.807) is 11.3 Å². The Morgan fingerprint density at radius 1 is 1.29 bits per heavy atom. The number of guanidine groups is 1. The molecule has 28 heavy (non-hydrogen) atoms. The van der Waals surface area contributed by atoms with Crippen molar-refractivity contribution in [2.45, 2.75) is 33.6 Å². The summed E-state index contributed by atoms with van der Waals surface area (Å²) in [7, 11) is 0. The van der Waals surface area contributed by atoms with Gasteiger partial charge in [-0.25, -0.2) is 4.98 Å². The molecule has 2 rings (SSSR count). The topological polar surface area (TPSA) is 78.4 Å². The third kappa shape index (κ3) is 8.74. The van der Waals surface area contributed by atoms with E-state index in [9.17, 15) is 4.79 Å². The van der Waals surface area contributed by atoms with Crippen LogP contribution in [0.3, 0.4) is 0 Å². The van der Waals surface area contributed by atoms with Crippen molar-refractivity contribution in [3.05, 3.63) is 44.9 Å². The first-order valence-electron chi connectivity index (χ1n) is 8.97. The van der Waals surface area contributed by atoms with Crippen LogP contribution in [0.5, 0.6) is 0 Å². The Bertz CT molecular complexity index is 796. The van der Waals surface area contributed by atoms with Crippen molar-refractivity contribution >= 4 is 64.5 Å². The minimum absolute atomic E-state index is 0. The Kier molecular flexibility index (Phi) is 11.4. The molecule has 0 saturated heterocycles. The number of hydrogen-bond donors (Lipinski definition) is 3. The third-order valence-electron chi connectivity index (χ3n) is 3.69. The van der Waals surface area contributed by atoms with Crippen LogP contribution < -0.4 is 16.0 Å². The fraction of sp³-hybridized carbons (Fsp3) is 0.421. The Morgan fingerprint density at radius 2 is 2.07 bits per heavy atom. The van der Waals surface area contributed by atoms with Crippen LogP contribution >= 0.6 is 46.9 Å². The summed E-state index contributed by atoms with van der Waals surface area (Å²) < 4.78 is 0. The summed E-state index contributed by atoms with van der Waals surface area (Å²) in [5, 5.41) is 13.0. The van der Waals surface area contributed by atoms with Crippen molar-refractivity contribution in [3.63, 3.8) is 0 Å². The highest BCUT2D eigenvalue weighted by Crippen LogP contribution is 2.22. The first kappa shape index (κ1) is 24.6. The number of carbonyl (C=O) groups excluding carboxylic acids is 1. The lowest BCUT2D eigenvalue weighted by Gasteiger charge is -2.11. The number of hydrogen-bond acceptors (Lipinski definition) is 4. The zero-order chi connectivity index (χ0) is 19.6. The second-order valence-corrected chi connectivity index (χ2v) is 7.55. The van der Waals surface area contributed by atoms with Gasteiger partial charge in [0.2, 0.25) is 5.91 Å². The molecular formula is C19H27ClIN5OS. The number of amides is 1. The molecule has 0 spiro atoms. The second kappa shape index (κ2) is 12.9. The van der Waals surface area contributed by atoms with Gasteiger partial charge in [-0.15, -0.1) is 35.3 Å². The van der Waals surface area contributed by atoms with Gasteiger partial charge in [-0.05, 0) is 38.5 Å². The second-order valence-electron chi connectivity index (χ2n) is 6.08. The zero-order valence-electron chi connectivity index (χ0n) is 16.3. The van der Waals surface area contributed by atoms with Gasteiger partial charge in [-0.2, -0.15) is 0 Å². The van der Waals surface area contributed by atoms with E-state index in [0.717, 1.165) is 35.8 Å². The van der Waals surface area contributed by atoms with Crippen LogP contribution in [0, 0.1) is 13.8 Å². The van der Waals surface area contributed by atoms with Gasteiger partial charge in [-0.3, -0.25) is 9.79 Å². The predicted octanol–water partition coefficient (Wildman–Crippen LogP) is 4.16. The molecule has 0 aliphatic heterocycles. The summed E-state index contributed by atoms with van der Waals surface area (Å²) in [5.41, 5.74) is 2.76. The molecule has 0 saturated carbocycles. The van der Waals surface area contributed by atoms with Crippen LogP contribution in [0.15, 0.2) is 28.6 Å². The Labute approximate surface area is 192 Å². The summed E-state index contributed by atoms with van der Waals surface area (Å²) in [5.74, 6) is 0.587. The van der Waals surface area contributed by atoms with Gasteiger partial charge in [-0.1, -0.05) is 17.7 Å². The molecule has 6 nitrogen and oxygen atoms in total. The molecule has 154 valence electrons. The van der Waals surface area contributed by atoms with E-state index in [1.807, 2.05) is 39.0 Å². The number of nitrogens with one attached hydrogen (secondary N) is 3. The Balaban J connectivity index is 0.00000392. The number of aromatic nitrogens is 1. The molecule has 9 heteroatoms. The van der Waals surface area contributed by atoms with Crippen LogP contribution in [-0.2, 0) is 11.2 Å². The van der Waals surface area contributed by atoms with Gasteiger partial charge < -0.3 is 16.0 Å². The summed E-state index contributed by atoms with van der Waals surface area (Å²) in [6, 6.07) is 5.55. The number of nitrogens with zero attached hydrogens (tertiary/aromatic N) is 2. The van der Waals surface area contributed by atoms with E-state index in [4.69, 9.17) is 11.6 Å². The maximum Gasteiger partial charge on any atom is 0.226 e. The summed E-state index contributed by atoms with van der Waals surface area (Å²) in [6.45, 7) is 7.85. The molecule has 0 atom stereocenters. The SMILES string of the molecule is CCNC(=NCCC(=O)Nc1ccc(C)cc1Cl)NCCc1csc(C)n1.I. The molecule has 3 N–H and O–H groups in total. The Hall–Kier alpha value is -1.39. The van der Waals surface area contributed by atoms with Gasteiger partial charge in [0.15, 0.2) is 5.96 Å². The van der Waals surface area contributed by atoms with Crippen molar-refractivity contribution in [2.24, 2.45) is 4.99 Å². The first-order valence-corrected chi connectivity index (χ1v) is 10.2. The largest absolute Gasteiger partial charge is 0.357 e. The molecule has 1 aromatic heterocycles. The van der Waals surface area contributed by atoms with E-state index in [1.165, 1.54) is 0 Å². The van der Waals surface area contributed by atoms with Crippen molar-refractivity contribution in [1.82, 2.24) is 15.6 Å². The van der Waals surface area contributed by atoms with Gasteiger partial charge in [0, 0.05) is 31.3 Å². The van der Waals surface area contributed by atoms with Crippen LogP contribution in [0.2, 0.25) is 5.02 Å². The van der Waals surface area contributed by atoms with E-state index >= 15 is 0 Å². The standard InChI is InChI=1S/C19H26ClN5OS.HI/c1-4-21-19(22-9-7-15-12-27-14(3)24-15)23-10-8-18(26)25-17-6-5-13(2)11-16(17)20;/h5-6,11-12H,4,7-10H2,1-3H3,(H,25,26)(H2,21,22,23);1H. The molecule has 0 unspecified atom stereocenters. The van der Waals surface area contributed by atoms with Crippen LogP contribution in [0.4, 0.5) is 5.69 Å². The fourth-order valence-corrected chi connectivity index (χ4v) is 3.31. The highest BCUT2D eigenvalue weighted by atomic mass is 127. The monoisotopic (exact) mass is 535 g/mol. The molecule has 1 heterocycles. The first-order chi connectivity index (χ1) is 13.0. The minimum Gasteiger partial charge on any atom is -0.357 e. The summed E-state index contributed by atoms with van der Waals surface area (Å²) in [4.78, 5) is 21.0. The number of halogens is 2. The smallest absolute Gasteiger partial charge is 0.226 e. The average Bonchev–Trinajstić information content (AvgIpc) is 3.03. The fourth-order valence-electron chi connectivity index (χ4n) is 2.38. The molecular weight excluding hydrogens is 509 g/mol. The van der Waals surface area contributed by atoms with E-state index < -0.39 is 0 Å².